The van der Waals surface area contributed by atoms with Crippen LogP contribution < -0.4 is 5.64 Å². The minimum Gasteiger partial charge on any atom is -0.283 e. The fourth-order valence-electron chi connectivity index (χ4n) is 0.0721. The smallest absolute Gasteiger partial charge is 0.283 e. The second-order valence-electron chi connectivity index (χ2n) is 0.610. The van der Waals surface area contributed by atoms with Gasteiger partial charge >= 0.3 is 11.4 Å². The lowest BCUT2D eigenvalue weighted by molar-refractivity contribution is -0.647. The minimum absolute atomic E-state index is 1.33. The summed E-state index contributed by atoms with van der Waals surface area (Å²) in [6, 6.07) is 0. The normalized spacial score (nSPS) is 13.6. The van der Waals surface area contributed by atoms with E-state index in [1.807, 2.05) is 0 Å². The van der Waals surface area contributed by atoms with Gasteiger partial charge in [0.15, 0.2) is 0 Å². The highest BCUT2D eigenvalue weighted by Crippen LogP contribution is 1.74. The Kier molecular flexibility index (Phi) is 5.91. The quantitative estimate of drug-likeness (QED) is 0.202. The molecule has 0 fully saturated rings. The molecular weight excluding hydrogens is 158 g/mol. The van der Waals surface area contributed by atoms with Gasteiger partial charge in [-0.1, -0.05) is 4.99 Å². The van der Waals surface area contributed by atoms with Gasteiger partial charge in [-0.05, 0) is 15.7 Å². The maximum absolute atomic E-state index is 9.55. The molecule has 9 heteroatoms. The second-order valence-corrected chi connectivity index (χ2v) is 1.21. The van der Waals surface area contributed by atoms with E-state index in [9.17, 15) is 4.21 Å². The third-order valence-electron chi connectivity index (χ3n) is 0.204. The molecule has 8 nitrogen and oxygen atoms in total. The topological polar surface area (TPSA) is 106 Å². The third kappa shape index (κ3) is 7.87. The summed E-state index contributed by atoms with van der Waals surface area (Å²) in [7, 11) is 0. The summed E-state index contributed by atoms with van der Waals surface area (Å²) < 4.78 is 20.9. The molecular formula is H3NO7S. The zero-order valence-corrected chi connectivity index (χ0v) is 4.66. The van der Waals surface area contributed by atoms with E-state index in [1.54, 1.807) is 0 Å². The van der Waals surface area contributed by atoms with Crippen LogP contribution in [-0.4, -0.2) is 14.0 Å². The van der Waals surface area contributed by atoms with Gasteiger partial charge in [-0.25, -0.2) is 5.26 Å². The third-order valence-corrected chi connectivity index (χ3v) is 0.414. The summed E-state index contributed by atoms with van der Waals surface area (Å²) in [4.78, 5) is 3.50. The molecule has 56 valence electrons. The minimum atomic E-state index is -2.52. The van der Waals surface area contributed by atoms with Crippen molar-refractivity contribution in [1.82, 2.24) is 5.64 Å². The largest absolute Gasteiger partial charge is 0.321 e. The lowest BCUT2D eigenvalue weighted by Crippen LogP contribution is -2.16. The molecule has 0 saturated carbocycles. The molecule has 0 rings (SSSR count). The predicted molar refractivity (Wildman–Crippen MR) is 20.9 cm³/mol. The van der Waals surface area contributed by atoms with Crippen molar-refractivity contribution in [3.8, 4) is 0 Å². The molecule has 1 unspecified atom stereocenters. The van der Waals surface area contributed by atoms with Crippen molar-refractivity contribution in [3.05, 3.63) is 0 Å². The van der Waals surface area contributed by atoms with Crippen LogP contribution in [0.25, 0.3) is 0 Å². The molecule has 0 amide bonds. The van der Waals surface area contributed by atoms with Crippen molar-refractivity contribution in [2.75, 3.05) is 0 Å². The highest BCUT2D eigenvalue weighted by molar-refractivity contribution is 7.74. The zero-order chi connectivity index (χ0) is 7.11. The van der Waals surface area contributed by atoms with E-state index in [4.69, 9.17) is 9.81 Å². The fraction of sp³-hybridized carbons (Fsp3) is 0. The van der Waals surface area contributed by atoms with Gasteiger partial charge in [-0.2, -0.15) is 4.21 Å². The number of hydrogen-bond donors (Lipinski definition) is 3. The van der Waals surface area contributed by atoms with Crippen molar-refractivity contribution in [1.29, 1.82) is 0 Å². The van der Waals surface area contributed by atoms with E-state index >= 15 is 0 Å². The summed E-state index contributed by atoms with van der Waals surface area (Å²) >= 11 is -2.52. The summed E-state index contributed by atoms with van der Waals surface area (Å²) in [6.07, 6.45) is 0. The molecule has 3 N–H and O–H groups in total. The molecule has 9 heavy (non-hydrogen) atoms. The van der Waals surface area contributed by atoms with Gasteiger partial charge in [0.25, 0.3) is 0 Å². The van der Waals surface area contributed by atoms with Crippen LogP contribution in [0, 0.1) is 0 Å². The van der Waals surface area contributed by atoms with Crippen LogP contribution >= 0.6 is 0 Å². The molecule has 0 aromatic rings. The van der Waals surface area contributed by atoms with E-state index < -0.39 is 11.4 Å². The molecule has 1 atom stereocenters. The Hall–Kier alpha value is -0.130. The van der Waals surface area contributed by atoms with Crippen LogP contribution in [0.4, 0.5) is 0 Å². The molecule has 0 heterocycles. The molecule has 0 aliphatic carbocycles. The molecule has 0 aliphatic rings. The van der Waals surface area contributed by atoms with Gasteiger partial charge in [-0.3, -0.25) is 4.55 Å². The van der Waals surface area contributed by atoms with Gasteiger partial charge in [0.1, 0.15) is 0 Å². The fourth-order valence-corrected chi connectivity index (χ4v) is 0.158. The first kappa shape index (κ1) is 8.87. The van der Waals surface area contributed by atoms with Crippen LogP contribution in [-0.2, 0) is 30.7 Å². The van der Waals surface area contributed by atoms with Crippen LogP contribution in [0.5, 0.6) is 0 Å². The van der Waals surface area contributed by atoms with Crippen molar-refractivity contribution < 1.29 is 33.4 Å². The van der Waals surface area contributed by atoms with Crippen LogP contribution in [0.3, 0.4) is 0 Å². The van der Waals surface area contributed by atoms with Crippen molar-refractivity contribution in [2.45, 2.75) is 0 Å². The first-order valence-electron chi connectivity index (χ1n) is 1.44. The first-order valence-corrected chi connectivity index (χ1v) is 2.47. The van der Waals surface area contributed by atoms with Crippen LogP contribution in [0.1, 0.15) is 0 Å². The Labute approximate surface area is 51.5 Å². The van der Waals surface area contributed by atoms with E-state index in [-0.39, 0.29) is 0 Å². The number of rotatable bonds is 5. The van der Waals surface area contributed by atoms with E-state index in [0.717, 1.165) is 0 Å². The summed E-state index contributed by atoms with van der Waals surface area (Å²) in [5, 5.41) is 13.5. The predicted octanol–water partition coefficient (Wildman–Crippen LogP) is -1.09. The van der Waals surface area contributed by atoms with Gasteiger partial charge in [0, 0.05) is 0 Å². The SMILES string of the molecule is O=S(O)ONOOOO. The Morgan fingerprint density at radius 3 is 2.67 bits per heavy atom. The summed E-state index contributed by atoms with van der Waals surface area (Å²) in [6.45, 7) is 0. The van der Waals surface area contributed by atoms with Crippen molar-refractivity contribution in [2.24, 2.45) is 0 Å². The first-order chi connectivity index (χ1) is 4.27. The Morgan fingerprint density at radius 2 is 2.22 bits per heavy atom. The van der Waals surface area contributed by atoms with E-state index in [0.29, 0.717) is 0 Å². The highest BCUT2D eigenvalue weighted by atomic mass is 32.2. The molecule has 0 aliphatic heterocycles. The van der Waals surface area contributed by atoms with E-state index in [1.165, 1.54) is 5.64 Å². The monoisotopic (exact) mass is 161 g/mol. The van der Waals surface area contributed by atoms with Gasteiger partial charge < -0.3 is 0 Å². The zero-order valence-electron chi connectivity index (χ0n) is 3.84. The average Bonchev–Trinajstić information content (AvgIpc) is 1.80. The maximum Gasteiger partial charge on any atom is 0.321 e. The van der Waals surface area contributed by atoms with Gasteiger partial charge in [0.05, 0.1) is 0 Å². The van der Waals surface area contributed by atoms with Crippen molar-refractivity contribution >= 4 is 11.4 Å². The highest BCUT2D eigenvalue weighted by Gasteiger charge is 1.91. The molecule has 0 aromatic carbocycles. The molecule has 0 aromatic heterocycles. The summed E-state index contributed by atoms with van der Waals surface area (Å²) in [5.74, 6) is 0. The molecule has 0 bridgehead atoms. The number of nitrogens with one attached hydrogen (secondary N) is 1. The van der Waals surface area contributed by atoms with Crippen molar-refractivity contribution in [3.63, 3.8) is 0 Å². The van der Waals surface area contributed by atoms with E-state index in [2.05, 4.69) is 19.3 Å². The Bertz CT molecular complexity index is 81.0. The summed E-state index contributed by atoms with van der Waals surface area (Å²) in [5.41, 5.74) is 1.33. The van der Waals surface area contributed by atoms with Crippen LogP contribution in [0.15, 0.2) is 0 Å². The Balaban J connectivity index is 2.83. The standard InChI is InChI=1S/H3NO7S/c2-7-8-5-1-6-9(3)4/h1-2H,(H,3,4). The lowest BCUT2D eigenvalue weighted by atomic mass is 13.2. The van der Waals surface area contributed by atoms with Crippen LogP contribution in [0.2, 0.25) is 0 Å². The number of hydrogen-bond acceptors (Lipinski definition) is 7. The maximum atomic E-state index is 9.55. The van der Waals surface area contributed by atoms with Gasteiger partial charge in [-0.15, -0.1) is 4.28 Å². The lowest BCUT2D eigenvalue weighted by Gasteiger charge is -1.94. The average molecular weight is 161 g/mol. The molecule has 0 saturated heterocycles. The van der Waals surface area contributed by atoms with Gasteiger partial charge in [0.2, 0.25) is 0 Å². The molecule has 0 radical (unpaired) electrons. The molecule has 0 spiro atoms. The second kappa shape index (κ2) is 6.00. The Morgan fingerprint density at radius 1 is 1.56 bits per heavy atom.